The molecule has 0 aliphatic heterocycles. The third-order valence-corrected chi connectivity index (χ3v) is 4.90. The van der Waals surface area contributed by atoms with Crippen LogP contribution in [0.4, 0.5) is 0 Å². The maximum atomic E-state index is 11.9. The van der Waals surface area contributed by atoms with Crippen molar-refractivity contribution in [2.24, 2.45) is 0 Å². The zero-order chi connectivity index (χ0) is 19.4. The van der Waals surface area contributed by atoms with Crippen LogP contribution in [0.2, 0.25) is 0 Å². The van der Waals surface area contributed by atoms with E-state index in [1.165, 1.54) is 25.6 Å². The minimum Gasteiger partial charge on any atom is -0.467 e. The third kappa shape index (κ3) is 3.69. The van der Waals surface area contributed by atoms with E-state index in [-0.39, 0.29) is 12.4 Å². The predicted molar refractivity (Wildman–Crippen MR) is 100 cm³/mol. The molecule has 0 bridgehead atoms. The van der Waals surface area contributed by atoms with E-state index >= 15 is 0 Å². The molecule has 0 aliphatic carbocycles. The molecule has 0 fully saturated rings. The molecule has 0 radical (unpaired) electrons. The second-order valence-electron chi connectivity index (χ2n) is 5.60. The number of rotatable bonds is 6. The Hall–Kier alpha value is -3.15. The number of esters is 1. The lowest BCUT2D eigenvalue weighted by Crippen LogP contribution is -2.08. The lowest BCUT2D eigenvalue weighted by atomic mass is 10.2. The van der Waals surface area contributed by atoms with Crippen LogP contribution in [-0.2, 0) is 9.47 Å². The van der Waals surface area contributed by atoms with Gasteiger partial charge in [0.2, 0.25) is 0 Å². The number of ether oxygens (including phenoxy) is 3. The molecule has 27 heavy (non-hydrogen) atoms. The summed E-state index contributed by atoms with van der Waals surface area (Å²) in [5.74, 6) is -0.204. The van der Waals surface area contributed by atoms with Crippen LogP contribution in [0.3, 0.4) is 0 Å². The molecule has 1 aromatic carbocycles. The van der Waals surface area contributed by atoms with Crippen molar-refractivity contribution >= 4 is 17.3 Å². The van der Waals surface area contributed by atoms with E-state index in [1.807, 2.05) is 18.4 Å². The number of aromatic nitrogens is 2. The van der Waals surface area contributed by atoms with Gasteiger partial charge in [-0.1, -0.05) is 0 Å². The first-order valence-electron chi connectivity index (χ1n) is 7.97. The molecule has 0 saturated carbocycles. The van der Waals surface area contributed by atoms with Crippen molar-refractivity contribution in [3.8, 4) is 28.1 Å². The van der Waals surface area contributed by atoms with Crippen molar-refractivity contribution in [2.75, 3.05) is 21.0 Å². The smallest absolute Gasteiger partial charge is 0.341 e. The van der Waals surface area contributed by atoms with Gasteiger partial charge in [-0.15, -0.1) is 11.3 Å². The van der Waals surface area contributed by atoms with Crippen molar-refractivity contribution in [1.82, 2.24) is 9.78 Å². The first kappa shape index (κ1) is 18.6. The minimum absolute atomic E-state index is 0.0182. The van der Waals surface area contributed by atoms with Gasteiger partial charge in [-0.2, -0.15) is 10.4 Å². The van der Waals surface area contributed by atoms with Crippen LogP contribution in [0.1, 0.15) is 21.5 Å². The van der Waals surface area contributed by atoms with Crippen LogP contribution in [-0.4, -0.2) is 36.8 Å². The van der Waals surface area contributed by atoms with E-state index in [0.717, 1.165) is 10.4 Å². The quantitative estimate of drug-likeness (QED) is 0.478. The highest BCUT2D eigenvalue weighted by Crippen LogP contribution is 2.31. The SMILES string of the molecule is COCOc1cc(-n2cc(C#N)c(-c3sccc3C)n2)ccc1C(=O)OC. The summed E-state index contributed by atoms with van der Waals surface area (Å²) >= 11 is 1.53. The molecular weight excluding hydrogens is 366 g/mol. The lowest BCUT2D eigenvalue weighted by molar-refractivity contribution is 0.0465. The molecule has 3 rings (SSSR count). The second-order valence-corrected chi connectivity index (χ2v) is 6.52. The number of carbonyl (C=O) groups excluding carboxylic acids is 1. The zero-order valence-corrected chi connectivity index (χ0v) is 15.9. The molecule has 2 heterocycles. The number of methoxy groups -OCH3 is 2. The molecule has 8 heteroatoms. The van der Waals surface area contributed by atoms with E-state index in [0.29, 0.717) is 22.7 Å². The van der Waals surface area contributed by atoms with Gasteiger partial charge >= 0.3 is 5.97 Å². The Kier molecular flexibility index (Phi) is 5.54. The van der Waals surface area contributed by atoms with Gasteiger partial charge in [0, 0.05) is 19.4 Å². The van der Waals surface area contributed by atoms with Gasteiger partial charge < -0.3 is 14.2 Å². The fourth-order valence-electron chi connectivity index (χ4n) is 2.54. The monoisotopic (exact) mass is 383 g/mol. The summed E-state index contributed by atoms with van der Waals surface area (Å²) in [5.41, 5.74) is 3.08. The van der Waals surface area contributed by atoms with Crippen LogP contribution >= 0.6 is 11.3 Å². The van der Waals surface area contributed by atoms with E-state index in [1.54, 1.807) is 29.1 Å². The Balaban J connectivity index is 2.06. The number of benzene rings is 1. The first-order chi connectivity index (χ1) is 13.1. The highest BCUT2D eigenvalue weighted by molar-refractivity contribution is 7.13. The van der Waals surface area contributed by atoms with Crippen LogP contribution in [0.5, 0.6) is 5.75 Å². The van der Waals surface area contributed by atoms with Crippen LogP contribution in [0.15, 0.2) is 35.8 Å². The van der Waals surface area contributed by atoms with Gasteiger partial charge in [-0.3, -0.25) is 0 Å². The molecule has 2 aromatic heterocycles. The number of hydrogen-bond donors (Lipinski definition) is 0. The zero-order valence-electron chi connectivity index (χ0n) is 15.1. The normalized spacial score (nSPS) is 10.4. The highest BCUT2D eigenvalue weighted by Gasteiger charge is 2.18. The van der Waals surface area contributed by atoms with Gasteiger partial charge in [-0.25, -0.2) is 9.48 Å². The largest absolute Gasteiger partial charge is 0.467 e. The lowest BCUT2D eigenvalue weighted by Gasteiger charge is -2.11. The molecule has 0 N–H and O–H groups in total. The number of nitriles is 1. The maximum absolute atomic E-state index is 11.9. The standard InChI is InChI=1S/C19H17N3O4S/c1-12-6-7-27-18(12)17-13(9-20)10-22(21-17)14-4-5-15(19(23)25-3)16(8-14)26-11-24-2/h4-8,10H,11H2,1-3H3. The van der Waals surface area contributed by atoms with Crippen molar-refractivity contribution < 1.29 is 19.0 Å². The number of nitrogens with zero attached hydrogens (tertiary/aromatic N) is 3. The molecule has 0 unspecified atom stereocenters. The molecule has 0 saturated heterocycles. The van der Waals surface area contributed by atoms with E-state index in [4.69, 9.17) is 14.2 Å². The minimum atomic E-state index is -0.513. The summed E-state index contributed by atoms with van der Waals surface area (Å²) in [5, 5.41) is 16.0. The average Bonchev–Trinajstić information content (AvgIpc) is 3.31. The third-order valence-electron chi connectivity index (χ3n) is 3.88. The van der Waals surface area contributed by atoms with Gasteiger partial charge in [0.05, 0.1) is 23.2 Å². The van der Waals surface area contributed by atoms with E-state index in [2.05, 4.69) is 11.2 Å². The fourth-order valence-corrected chi connectivity index (χ4v) is 3.47. The Morgan fingerprint density at radius 2 is 2.15 bits per heavy atom. The van der Waals surface area contributed by atoms with Gasteiger partial charge in [0.25, 0.3) is 0 Å². The van der Waals surface area contributed by atoms with Crippen LogP contribution in [0.25, 0.3) is 16.3 Å². The fraction of sp³-hybridized carbons (Fsp3) is 0.211. The van der Waals surface area contributed by atoms with Crippen LogP contribution in [0, 0.1) is 18.3 Å². The summed E-state index contributed by atoms with van der Waals surface area (Å²) in [6, 6.07) is 9.14. The molecule has 3 aromatic rings. The Labute approximate surface area is 160 Å². The van der Waals surface area contributed by atoms with Gasteiger partial charge in [0.15, 0.2) is 6.79 Å². The number of thiophene rings is 1. The second kappa shape index (κ2) is 8.03. The number of hydrogen-bond acceptors (Lipinski definition) is 7. The average molecular weight is 383 g/mol. The number of aryl methyl sites for hydroxylation is 1. The maximum Gasteiger partial charge on any atom is 0.341 e. The molecule has 7 nitrogen and oxygen atoms in total. The van der Waals surface area contributed by atoms with Crippen molar-refractivity contribution in [3.05, 3.63) is 52.5 Å². The molecule has 0 atom stereocenters. The van der Waals surface area contributed by atoms with E-state index in [9.17, 15) is 10.1 Å². The summed E-state index contributed by atoms with van der Waals surface area (Å²) in [7, 11) is 2.79. The van der Waals surface area contributed by atoms with Gasteiger partial charge in [-0.05, 0) is 36.1 Å². The Morgan fingerprint density at radius 1 is 1.33 bits per heavy atom. The Bertz CT molecular complexity index is 1020. The summed E-state index contributed by atoms with van der Waals surface area (Å²) in [6.45, 7) is 1.96. The van der Waals surface area contributed by atoms with Crippen molar-refractivity contribution in [1.29, 1.82) is 5.26 Å². The number of carbonyl (C=O) groups is 1. The molecule has 0 aliphatic rings. The molecule has 0 amide bonds. The molecular formula is C19H17N3O4S. The first-order valence-corrected chi connectivity index (χ1v) is 8.85. The van der Waals surface area contributed by atoms with E-state index < -0.39 is 5.97 Å². The topological polar surface area (TPSA) is 86.4 Å². The highest BCUT2D eigenvalue weighted by atomic mass is 32.1. The van der Waals surface area contributed by atoms with Gasteiger partial charge in [0.1, 0.15) is 23.1 Å². The summed E-state index contributed by atoms with van der Waals surface area (Å²) < 4.78 is 16.8. The Morgan fingerprint density at radius 3 is 2.78 bits per heavy atom. The predicted octanol–water partition coefficient (Wildman–Crippen LogP) is 3.55. The summed E-state index contributed by atoms with van der Waals surface area (Å²) in [4.78, 5) is 12.9. The molecule has 0 spiro atoms. The molecule has 138 valence electrons. The van der Waals surface area contributed by atoms with Crippen LogP contribution < -0.4 is 4.74 Å². The summed E-state index contributed by atoms with van der Waals surface area (Å²) in [6.07, 6.45) is 1.65. The van der Waals surface area contributed by atoms with Crippen molar-refractivity contribution in [2.45, 2.75) is 6.92 Å². The van der Waals surface area contributed by atoms with Crippen molar-refractivity contribution in [3.63, 3.8) is 0 Å².